The molecule has 0 aliphatic carbocycles. The molecule has 4 heterocycles. The van der Waals surface area contributed by atoms with Crippen molar-refractivity contribution >= 4 is 22.7 Å². The van der Waals surface area contributed by atoms with E-state index in [1.807, 2.05) is 84.9 Å². The lowest BCUT2D eigenvalue weighted by molar-refractivity contribution is -0.598. The highest BCUT2D eigenvalue weighted by atomic mass is 16.3. The Morgan fingerprint density at radius 2 is 0.938 bits per heavy atom. The van der Waals surface area contributed by atoms with Crippen LogP contribution < -0.4 is 30.5 Å². The molecule has 0 aliphatic heterocycles. The second kappa shape index (κ2) is 13.8. The topological polar surface area (TPSA) is 167 Å². The number of azo groups is 2. The molecule has 0 aliphatic rings. The summed E-state index contributed by atoms with van der Waals surface area (Å²) in [5.41, 5.74) is 5.30. The first-order chi connectivity index (χ1) is 23.3. The highest BCUT2D eigenvalue weighted by Gasteiger charge is 2.26. The molecule has 12 heteroatoms. The molecule has 0 saturated carbocycles. The zero-order valence-corrected chi connectivity index (χ0v) is 26.3. The summed E-state index contributed by atoms with van der Waals surface area (Å²) >= 11 is 0. The molecule has 0 unspecified atom stereocenters. The fourth-order valence-corrected chi connectivity index (χ4v) is 5.39. The molecule has 6 aromatic rings. The molecule has 4 aromatic heterocycles. The molecule has 6 N–H and O–H groups in total. The van der Waals surface area contributed by atoms with Gasteiger partial charge in [0.05, 0.1) is 0 Å². The summed E-state index contributed by atoms with van der Waals surface area (Å²) in [7, 11) is 0. The molecule has 2 aromatic carbocycles. The summed E-state index contributed by atoms with van der Waals surface area (Å²) < 4.78 is 3.38. The fourth-order valence-electron chi connectivity index (χ4n) is 5.39. The number of nitrogens with one attached hydrogen (secondary N) is 4. The van der Waals surface area contributed by atoms with Crippen LogP contribution in [-0.4, -0.2) is 20.2 Å². The van der Waals surface area contributed by atoms with Crippen molar-refractivity contribution < 1.29 is 29.6 Å². The molecule has 0 fully saturated rings. The Bertz CT molecular complexity index is 2080. The lowest BCUT2D eigenvalue weighted by atomic mass is 10.0. The van der Waals surface area contributed by atoms with Crippen LogP contribution in [0.1, 0.15) is 22.3 Å². The van der Waals surface area contributed by atoms with Gasteiger partial charge in [-0.2, -0.15) is 9.13 Å². The maximum atomic E-state index is 12.6. The minimum Gasteiger partial charge on any atom is -0.490 e. The lowest BCUT2D eigenvalue weighted by Crippen LogP contribution is -2.59. The van der Waals surface area contributed by atoms with E-state index in [0.29, 0.717) is 45.3 Å². The minimum atomic E-state index is -0.408. The molecule has 48 heavy (non-hydrogen) atoms. The number of H-pyrrole nitrogens is 2. The van der Waals surface area contributed by atoms with Crippen LogP contribution >= 0.6 is 0 Å². The third kappa shape index (κ3) is 6.82. The molecule has 0 atom stereocenters. The molecule has 0 spiro atoms. The van der Waals surface area contributed by atoms with Crippen LogP contribution in [0.15, 0.2) is 130 Å². The first kappa shape index (κ1) is 31.4. The summed E-state index contributed by atoms with van der Waals surface area (Å²) in [4.78, 5) is 30.1. The molecule has 0 radical (unpaired) electrons. The number of benzene rings is 2. The number of rotatable bonds is 9. The Balaban J connectivity index is 1.10. The van der Waals surface area contributed by atoms with Crippen molar-refractivity contribution in [3.8, 4) is 23.1 Å². The van der Waals surface area contributed by atoms with E-state index >= 15 is 0 Å². The monoisotopic (exact) mass is 642 g/mol. The first-order valence-electron chi connectivity index (χ1n) is 15.2. The number of aryl methyl sites for hydroxylation is 2. The van der Waals surface area contributed by atoms with Gasteiger partial charge >= 0.3 is 11.1 Å². The van der Waals surface area contributed by atoms with E-state index in [9.17, 15) is 19.8 Å². The molecule has 238 valence electrons. The quantitative estimate of drug-likeness (QED) is 0.105. The van der Waals surface area contributed by atoms with Gasteiger partial charge in [0.25, 0.3) is 34.5 Å². The first-order valence-corrected chi connectivity index (χ1v) is 15.2. The smallest absolute Gasteiger partial charge is 0.324 e. The molecule has 0 saturated heterocycles. The third-order valence-electron chi connectivity index (χ3n) is 7.94. The molecule has 0 bridgehead atoms. The van der Waals surface area contributed by atoms with Crippen LogP contribution in [-0.2, 0) is 12.8 Å². The number of nitrogens with zero attached hydrogens (tertiary/aromatic N) is 4. The van der Waals surface area contributed by atoms with Gasteiger partial charge in [0, 0.05) is 24.3 Å². The predicted molar refractivity (Wildman–Crippen MR) is 176 cm³/mol. The second-order valence-electron chi connectivity index (χ2n) is 11.1. The molecule has 0 amide bonds. The SMILES string of the molecule is Cc1c([NH+]=Nc2ccc(CCc3ccc(N=[NH+]c4c(O)[nH]c(=O)c(-[n+]5ccccc5)c4C)cc3)cc2)c(O)[nH]c(=O)c1-[n+]1ccccc1. The van der Waals surface area contributed by atoms with E-state index in [1.165, 1.54) is 0 Å². The van der Waals surface area contributed by atoms with Gasteiger partial charge < -0.3 is 10.2 Å². The summed E-state index contributed by atoms with van der Waals surface area (Å²) in [6.45, 7) is 3.50. The Kier molecular flexibility index (Phi) is 9.05. The zero-order valence-electron chi connectivity index (χ0n) is 26.3. The number of aromatic hydroxyl groups is 2. The van der Waals surface area contributed by atoms with E-state index in [2.05, 4.69) is 30.4 Å². The van der Waals surface area contributed by atoms with Gasteiger partial charge in [-0.1, -0.05) is 46.6 Å². The number of pyridine rings is 4. The van der Waals surface area contributed by atoms with Crippen molar-refractivity contribution in [1.29, 1.82) is 0 Å². The summed E-state index contributed by atoms with van der Waals surface area (Å²) in [6, 6.07) is 26.5. The second-order valence-corrected chi connectivity index (χ2v) is 11.1. The highest BCUT2D eigenvalue weighted by molar-refractivity contribution is 5.53. The van der Waals surface area contributed by atoms with E-state index < -0.39 is 11.1 Å². The molecule has 6 rings (SSSR count). The van der Waals surface area contributed by atoms with Crippen molar-refractivity contribution in [2.45, 2.75) is 26.7 Å². The van der Waals surface area contributed by atoms with E-state index in [4.69, 9.17) is 0 Å². The molecule has 12 nitrogen and oxygen atoms in total. The van der Waals surface area contributed by atoms with Gasteiger partial charge in [-0.3, -0.25) is 19.6 Å². The van der Waals surface area contributed by atoms with Gasteiger partial charge in [0.1, 0.15) is 22.5 Å². The summed E-state index contributed by atoms with van der Waals surface area (Å²) in [6.07, 6.45) is 8.67. The van der Waals surface area contributed by atoms with Crippen LogP contribution in [0, 0.1) is 13.8 Å². The Labute approximate surface area is 274 Å². The maximum absolute atomic E-state index is 12.6. The standard InChI is InChI=1S/C36H30N8O4/c1-23-29(33(45)37-35(47)31(23)43-19-5-3-6-20-43)41-39-27-15-11-25(12-16-27)9-10-26-13-17-28(18-14-26)40-42-30-24(2)32(36(48)38-34(30)46)44-21-7-4-8-22-44/h3-8,11-22H,9-10H2,1-2H3,(H2-2,37,38,39,40,45,46,47,48)/p+4. The predicted octanol–water partition coefficient (Wildman–Crippen LogP) is 2.42. The van der Waals surface area contributed by atoms with Crippen LogP contribution in [0.4, 0.5) is 22.7 Å². The van der Waals surface area contributed by atoms with E-state index in [0.717, 1.165) is 24.0 Å². The number of aromatic nitrogens is 4. The third-order valence-corrected chi connectivity index (χ3v) is 7.94. The maximum Gasteiger partial charge on any atom is 0.324 e. The minimum absolute atomic E-state index is 0.284. The van der Waals surface area contributed by atoms with Crippen molar-refractivity contribution in [1.82, 2.24) is 9.97 Å². The van der Waals surface area contributed by atoms with Gasteiger partial charge in [0.15, 0.2) is 24.8 Å². The van der Waals surface area contributed by atoms with Crippen molar-refractivity contribution in [3.63, 3.8) is 0 Å². The average Bonchev–Trinajstić information content (AvgIpc) is 3.09. The number of aromatic amines is 2. The van der Waals surface area contributed by atoms with Gasteiger partial charge in [-0.05, 0) is 72.3 Å². The van der Waals surface area contributed by atoms with Gasteiger partial charge in [-0.25, -0.2) is 0 Å². The van der Waals surface area contributed by atoms with E-state index in [1.54, 1.807) is 47.8 Å². The Morgan fingerprint density at radius 1 is 0.583 bits per heavy atom. The van der Waals surface area contributed by atoms with Crippen molar-refractivity contribution in [2.75, 3.05) is 0 Å². The summed E-state index contributed by atoms with van der Waals surface area (Å²) in [5.74, 6) is -0.567. The van der Waals surface area contributed by atoms with Crippen molar-refractivity contribution in [3.05, 3.63) is 153 Å². The molecular weight excluding hydrogens is 608 g/mol. The van der Waals surface area contributed by atoms with Crippen LogP contribution in [0.25, 0.3) is 11.4 Å². The van der Waals surface area contributed by atoms with Crippen LogP contribution in [0.3, 0.4) is 0 Å². The summed E-state index contributed by atoms with van der Waals surface area (Å²) in [5, 5.41) is 35.4. The lowest BCUT2D eigenvalue weighted by Gasteiger charge is -2.03. The van der Waals surface area contributed by atoms with Crippen LogP contribution in [0.5, 0.6) is 11.8 Å². The number of hydrogen-bond donors (Lipinski definition) is 6. The van der Waals surface area contributed by atoms with Gasteiger partial charge in [-0.15, -0.1) is 0 Å². The van der Waals surface area contributed by atoms with Gasteiger partial charge in [0.2, 0.25) is 0 Å². The average molecular weight is 643 g/mol. The molecular formula is C36H34N8O4+4. The zero-order chi connectivity index (χ0) is 33.6. The van der Waals surface area contributed by atoms with Crippen molar-refractivity contribution in [2.24, 2.45) is 10.2 Å². The highest BCUT2D eigenvalue weighted by Crippen LogP contribution is 2.22. The Hall–Kier alpha value is -6.56. The normalized spacial score (nSPS) is 11.5. The number of hydrogen-bond acceptors (Lipinski definition) is 6. The largest absolute Gasteiger partial charge is 0.490 e. The van der Waals surface area contributed by atoms with Crippen LogP contribution in [0.2, 0.25) is 0 Å². The van der Waals surface area contributed by atoms with E-state index in [-0.39, 0.29) is 11.8 Å². The fraction of sp³-hybridized carbons (Fsp3) is 0.111. The Morgan fingerprint density at radius 3 is 1.29 bits per heavy atom.